The van der Waals surface area contributed by atoms with Crippen molar-refractivity contribution in [2.24, 2.45) is 35.3 Å². The van der Waals surface area contributed by atoms with Gasteiger partial charge in [-0.1, -0.05) is 32.1 Å². The first-order valence-electron chi connectivity index (χ1n) is 9.71. The number of carbonyl (C=O) groups excluding carboxylic acids is 1. The zero-order chi connectivity index (χ0) is 17.6. The van der Waals surface area contributed by atoms with E-state index in [0.717, 1.165) is 13.0 Å². The number of Topliss-reactive ketones (excluding diaryl/α,β-unsaturated/α-hetero) is 1. The Labute approximate surface area is 148 Å². The minimum absolute atomic E-state index is 0.153. The average molecular weight is 351 g/mol. The number of ether oxygens (including phenoxy) is 1. The van der Waals surface area contributed by atoms with Crippen LogP contribution in [-0.4, -0.2) is 42.0 Å². The molecular weight excluding hydrogens is 322 g/mol. The molecule has 0 spiro atoms. The van der Waals surface area contributed by atoms with Crippen molar-refractivity contribution >= 4 is 11.8 Å². The molecule has 1 aliphatic carbocycles. The molecule has 4 aliphatic rings. The van der Waals surface area contributed by atoms with Gasteiger partial charge < -0.3 is 15.6 Å². The molecule has 0 bridgehead atoms. The van der Waals surface area contributed by atoms with Gasteiger partial charge in [-0.2, -0.15) is 0 Å². The fourth-order valence-electron chi connectivity index (χ4n) is 5.37. The van der Waals surface area contributed by atoms with Crippen LogP contribution < -0.4 is 16.4 Å². The van der Waals surface area contributed by atoms with Gasteiger partial charge in [-0.25, -0.2) is 0 Å². The zero-order valence-corrected chi connectivity index (χ0v) is 14.5. The van der Waals surface area contributed by atoms with E-state index in [4.69, 9.17) is 10.5 Å². The highest BCUT2D eigenvalue weighted by molar-refractivity contribution is 5.86. The van der Waals surface area contributed by atoms with Gasteiger partial charge in [0.25, 0.3) is 0 Å². The normalized spacial score (nSPS) is 45.5. The second-order valence-electron chi connectivity index (χ2n) is 8.27. The quantitative estimate of drug-likeness (QED) is 0.577. The second-order valence-corrected chi connectivity index (χ2v) is 8.27. The van der Waals surface area contributed by atoms with E-state index >= 15 is 0 Å². The maximum Gasteiger partial charge on any atom is 0.309 e. The Bertz CT molecular complexity index is 536. The molecule has 25 heavy (non-hydrogen) atoms. The van der Waals surface area contributed by atoms with E-state index in [-0.39, 0.29) is 24.3 Å². The predicted molar refractivity (Wildman–Crippen MR) is 90.2 cm³/mol. The third-order valence-electron chi connectivity index (χ3n) is 6.82. The average Bonchev–Trinajstić information content (AvgIpc) is 2.62. The van der Waals surface area contributed by atoms with Crippen LogP contribution >= 0.6 is 0 Å². The number of carboxylic acids is 1. The van der Waals surface area contributed by atoms with Crippen LogP contribution in [0.15, 0.2) is 0 Å². The van der Waals surface area contributed by atoms with Crippen LogP contribution in [0, 0.1) is 29.6 Å². The molecule has 4 rings (SSSR count). The molecule has 0 aromatic carbocycles. The molecular formula is C18H29N3O4. The summed E-state index contributed by atoms with van der Waals surface area (Å²) in [5, 5.41) is 15.8. The summed E-state index contributed by atoms with van der Waals surface area (Å²) in [6.45, 7) is 0.903. The minimum atomic E-state index is -0.949. The van der Waals surface area contributed by atoms with Gasteiger partial charge in [-0.3, -0.25) is 20.2 Å². The number of carboxylic acid groups (broad SMARTS) is 1. The van der Waals surface area contributed by atoms with E-state index < -0.39 is 30.2 Å². The van der Waals surface area contributed by atoms with Gasteiger partial charge >= 0.3 is 5.97 Å². The van der Waals surface area contributed by atoms with Crippen LogP contribution in [0.25, 0.3) is 0 Å². The molecule has 7 nitrogen and oxygen atoms in total. The summed E-state index contributed by atoms with van der Waals surface area (Å²) in [6.07, 6.45) is 6.17. The Morgan fingerprint density at radius 1 is 1.08 bits per heavy atom. The van der Waals surface area contributed by atoms with Crippen LogP contribution in [0.3, 0.4) is 0 Å². The number of nitrogens with one attached hydrogen (secondary N) is 2. The van der Waals surface area contributed by atoms with E-state index in [2.05, 4.69) is 10.6 Å². The van der Waals surface area contributed by atoms with Crippen LogP contribution in [0.5, 0.6) is 0 Å². The fraction of sp³-hybridized carbons (Fsp3) is 0.889. The number of fused-ring (bicyclic) bond motifs is 2. The van der Waals surface area contributed by atoms with Gasteiger partial charge in [-0.05, 0) is 24.7 Å². The molecule has 7 unspecified atom stereocenters. The molecule has 1 saturated carbocycles. The summed E-state index contributed by atoms with van der Waals surface area (Å²) < 4.78 is 6.08. The minimum Gasteiger partial charge on any atom is -0.481 e. The highest BCUT2D eigenvalue weighted by atomic mass is 16.5. The van der Waals surface area contributed by atoms with Gasteiger partial charge in [0.2, 0.25) is 0 Å². The van der Waals surface area contributed by atoms with Crippen LogP contribution in [0.1, 0.15) is 44.9 Å². The van der Waals surface area contributed by atoms with Crippen molar-refractivity contribution < 1.29 is 19.4 Å². The van der Waals surface area contributed by atoms with Gasteiger partial charge in [-0.15, -0.1) is 0 Å². The Morgan fingerprint density at radius 3 is 2.52 bits per heavy atom. The first-order valence-corrected chi connectivity index (χ1v) is 9.71. The molecule has 4 fully saturated rings. The molecule has 3 aliphatic heterocycles. The van der Waals surface area contributed by atoms with E-state index in [1.165, 1.54) is 32.1 Å². The number of piperidine rings is 2. The number of carbonyl (C=O) groups is 2. The van der Waals surface area contributed by atoms with Crippen molar-refractivity contribution in [3.8, 4) is 0 Å². The summed E-state index contributed by atoms with van der Waals surface area (Å²) >= 11 is 0. The maximum absolute atomic E-state index is 13.1. The molecule has 140 valence electrons. The standard InChI is InChI=1S/C18H29N3O4/c19-15-13(18(23)24)7-12-14(22)11-6-10(9-4-2-1-3-5-9)8-20-16(11)25-17(12)21-15/h9-13,15-17,20-21H,1-8,19H2,(H,23,24). The summed E-state index contributed by atoms with van der Waals surface area (Å²) in [6, 6.07) is 0. The van der Waals surface area contributed by atoms with E-state index in [1.54, 1.807) is 0 Å². The molecule has 5 N–H and O–H groups in total. The molecule has 7 atom stereocenters. The third-order valence-corrected chi connectivity index (χ3v) is 6.82. The largest absolute Gasteiger partial charge is 0.481 e. The van der Waals surface area contributed by atoms with Gasteiger partial charge in [0.05, 0.1) is 23.9 Å². The van der Waals surface area contributed by atoms with Gasteiger partial charge in [0.15, 0.2) is 0 Å². The Kier molecular flexibility index (Phi) is 4.83. The summed E-state index contributed by atoms with van der Waals surface area (Å²) in [4.78, 5) is 24.5. The van der Waals surface area contributed by atoms with Crippen molar-refractivity contribution in [2.45, 2.75) is 63.6 Å². The lowest BCUT2D eigenvalue weighted by Crippen LogP contribution is -2.68. The molecule has 3 heterocycles. The molecule has 0 amide bonds. The summed E-state index contributed by atoms with van der Waals surface area (Å²) in [7, 11) is 0. The van der Waals surface area contributed by atoms with E-state index in [9.17, 15) is 14.7 Å². The van der Waals surface area contributed by atoms with Gasteiger partial charge in [0, 0.05) is 6.54 Å². The SMILES string of the molecule is NC1NC2OC3NCC(C4CCCCC4)CC3C(=O)C2CC1C(=O)O. The van der Waals surface area contributed by atoms with Crippen LogP contribution in [-0.2, 0) is 14.3 Å². The number of ketones is 1. The Morgan fingerprint density at radius 2 is 1.80 bits per heavy atom. The molecule has 3 saturated heterocycles. The Hall–Kier alpha value is -1.02. The monoisotopic (exact) mass is 351 g/mol. The lowest BCUT2D eigenvalue weighted by molar-refractivity contribution is -0.189. The van der Waals surface area contributed by atoms with Crippen LogP contribution in [0.4, 0.5) is 0 Å². The number of rotatable bonds is 2. The Balaban J connectivity index is 1.46. The van der Waals surface area contributed by atoms with E-state index in [0.29, 0.717) is 11.8 Å². The predicted octanol–water partition coefficient (Wildman–Crippen LogP) is 0.639. The molecule has 0 aromatic rings. The summed E-state index contributed by atoms with van der Waals surface area (Å²) in [5.74, 6) is -0.871. The van der Waals surface area contributed by atoms with Crippen molar-refractivity contribution in [3.63, 3.8) is 0 Å². The van der Waals surface area contributed by atoms with Gasteiger partial charge in [0.1, 0.15) is 18.2 Å². The van der Waals surface area contributed by atoms with E-state index in [1.807, 2.05) is 0 Å². The lowest BCUT2D eigenvalue weighted by Gasteiger charge is -2.49. The van der Waals surface area contributed by atoms with Crippen molar-refractivity contribution in [1.82, 2.24) is 10.6 Å². The number of aliphatic carboxylic acids is 1. The van der Waals surface area contributed by atoms with Crippen molar-refractivity contribution in [1.29, 1.82) is 0 Å². The molecule has 0 aromatic heterocycles. The topological polar surface area (TPSA) is 114 Å². The highest BCUT2D eigenvalue weighted by Crippen LogP contribution is 2.41. The number of hydrogen-bond acceptors (Lipinski definition) is 6. The first kappa shape index (κ1) is 17.4. The van der Waals surface area contributed by atoms with Crippen molar-refractivity contribution in [3.05, 3.63) is 0 Å². The smallest absolute Gasteiger partial charge is 0.309 e. The lowest BCUT2D eigenvalue weighted by atomic mass is 9.70. The molecule has 7 heteroatoms. The number of nitrogens with two attached hydrogens (primary N) is 1. The summed E-state index contributed by atoms with van der Waals surface area (Å²) in [5.41, 5.74) is 5.92. The zero-order valence-electron chi connectivity index (χ0n) is 14.5. The molecule has 0 radical (unpaired) electrons. The third kappa shape index (κ3) is 3.23. The maximum atomic E-state index is 13.1. The first-order chi connectivity index (χ1) is 12.0. The number of hydrogen-bond donors (Lipinski definition) is 4. The highest BCUT2D eigenvalue weighted by Gasteiger charge is 2.52. The van der Waals surface area contributed by atoms with Crippen molar-refractivity contribution in [2.75, 3.05) is 6.54 Å². The van der Waals surface area contributed by atoms with Crippen LogP contribution in [0.2, 0.25) is 0 Å². The fourth-order valence-corrected chi connectivity index (χ4v) is 5.37. The second kappa shape index (κ2) is 6.95.